The van der Waals surface area contributed by atoms with Crippen LogP contribution in [0.5, 0.6) is 0 Å². The molecule has 3 aliphatic carbocycles. The van der Waals surface area contributed by atoms with Gasteiger partial charge in [0.2, 0.25) is 0 Å². The Morgan fingerprint density at radius 1 is 1.18 bits per heavy atom. The lowest BCUT2D eigenvalue weighted by molar-refractivity contribution is -0.0505. The Bertz CT molecular complexity index is 614. The van der Waals surface area contributed by atoms with Gasteiger partial charge in [-0.05, 0) is 54.4 Å². The summed E-state index contributed by atoms with van der Waals surface area (Å²) in [5, 5.41) is 0.282. The van der Waals surface area contributed by atoms with Crippen LogP contribution in [0.1, 0.15) is 57.6 Å². The third-order valence-electron chi connectivity index (χ3n) is 7.34. The average Bonchev–Trinajstić information content (AvgIpc) is 2.97. The molecule has 3 atom stereocenters. The number of rotatable bonds is 3. The summed E-state index contributed by atoms with van der Waals surface area (Å²) in [5.41, 5.74) is 3.60. The molecule has 0 aromatic heterocycles. The topological polar surface area (TPSA) is 9.23 Å². The van der Waals surface area contributed by atoms with Gasteiger partial charge in [-0.2, -0.15) is 0 Å². The SMILES string of the molecule is CC(C)(C)[Si](C)(C)OC1(C23CCCC2C3)Cc2ccccc21. The number of benzene rings is 1. The van der Waals surface area contributed by atoms with E-state index in [1.54, 1.807) is 0 Å². The zero-order valence-electron chi connectivity index (χ0n) is 14.8. The first kappa shape index (κ1) is 15.0. The summed E-state index contributed by atoms with van der Waals surface area (Å²) in [6.45, 7) is 12.0. The van der Waals surface area contributed by atoms with Crippen molar-refractivity contribution in [1.29, 1.82) is 0 Å². The van der Waals surface area contributed by atoms with E-state index in [1.165, 1.54) is 36.8 Å². The van der Waals surface area contributed by atoms with Crippen molar-refractivity contribution in [1.82, 2.24) is 0 Å². The van der Waals surface area contributed by atoms with Gasteiger partial charge in [-0.15, -0.1) is 0 Å². The maximum atomic E-state index is 7.22. The second-order valence-corrected chi connectivity index (χ2v) is 14.2. The van der Waals surface area contributed by atoms with E-state index in [0.29, 0.717) is 5.41 Å². The molecule has 22 heavy (non-hydrogen) atoms. The largest absolute Gasteiger partial charge is 0.406 e. The van der Waals surface area contributed by atoms with Crippen LogP contribution in [0.2, 0.25) is 18.1 Å². The second kappa shape index (κ2) is 4.27. The minimum absolute atomic E-state index is 0.0494. The molecule has 0 bridgehead atoms. The summed E-state index contributed by atoms with van der Waals surface area (Å²) >= 11 is 0. The lowest BCUT2D eigenvalue weighted by Gasteiger charge is -2.55. The van der Waals surface area contributed by atoms with Crippen LogP contribution in [0.4, 0.5) is 0 Å². The molecule has 4 rings (SSSR count). The molecule has 0 aliphatic heterocycles. The Hall–Kier alpha value is -0.603. The first-order valence-electron chi connectivity index (χ1n) is 9.00. The van der Waals surface area contributed by atoms with E-state index in [4.69, 9.17) is 4.43 Å². The summed E-state index contributed by atoms with van der Waals surface area (Å²) in [5.74, 6) is 0.936. The molecule has 2 fully saturated rings. The third kappa shape index (κ3) is 1.74. The van der Waals surface area contributed by atoms with Crippen LogP contribution < -0.4 is 0 Å². The molecule has 2 heteroatoms. The van der Waals surface area contributed by atoms with Crippen LogP contribution in [0.3, 0.4) is 0 Å². The van der Waals surface area contributed by atoms with E-state index >= 15 is 0 Å². The van der Waals surface area contributed by atoms with Crippen LogP contribution in [0, 0.1) is 11.3 Å². The predicted octanol–water partition coefficient (Wildman–Crippen LogP) is 5.65. The fraction of sp³-hybridized carbons (Fsp3) is 0.700. The molecule has 0 radical (unpaired) electrons. The highest BCUT2D eigenvalue weighted by atomic mass is 28.4. The highest BCUT2D eigenvalue weighted by Crippen LogP contribution is 2.76. The fourth-order valence-corrected chi connectivity index (χ4v) is 6.54. The molecule has 2 saturated carbocycles. The van der Waals surface area contributed by atoms with E-state index in [-0.39, 0.29) is 10.6 Å². The Kier molecular flexibility index (Phi) is 2.90. The molecule has 1 nitrogen and oxygen atoms in total. The zero-order chi connectivity index (χ0) is 15.8. The Morgan fingerprint density at radius 2 is 1.91 bits per heavy atom. The summed E-state index contributed by atoms with van der Waals surface area (Å²) < 4.78 is 7.22. The lowest BCUT2D eigenvalue weighted by Crippen LogP contribution is -2.57. The molecule has 0 heterocycles. The fourth-order valence-electron chi connectivity index (χ4n) is 4.98. The summed E-state index contributed by atoms with van der Waals surface area (Å²) in [6, 6.07) is 9.07. The Morgan fingerprint density at radius 3 is 2.45 bits per heavy atom. The molecule has 0 N–H and O–H groups in total. The molecule has 120 valence electrons. The van der Waals surface area contributed by atoms with Gasteiger partial charge in [0.05, 0.1) is 5.60 Å². The van der Waals surface area contributed by atoms with E-state index < -0.39 is 8.32 Å². The first-order chi connectivity index (χ1) is 10.2. The quantitative estimate of drug-likeness (QED) is 0.655. The summed E-state index contributed by atoms with van der Waals surface area (Å²) in [6.07, 6.45) is 6.81. The second-order valence-electron chi connectivity index (χ2n) is 9.47. The Balaban J connectivity index is 1.77. The van der Waals surface area contributed by atoms with Gasteiger partial charge >= 0.3 is 0 Å². The normalized spacial score (nSPS) is 36.5. The Labute approximate surface area is 136 Å². The van der Waals surface area contributed by atoms with Crippen molar-refractivity contribution in [2.24, 2.45) is 11.3 Å². The number of hydrogen-bond donors (Lipinski definition) is 0. The number of fused-ring (bicyclic) bond motifs is 2. The van der Waals surface area contributed by atoms with Crippen LogP contribution in [0.15, 0.2) is 24.3 Å². The van der Waals surface area contributed by atoms with Crippen LogP contribution in [-0.2, 0) is 16.4 Å². The monoisotopic (exact) mass is 314 g/mol. The number of hydrogen-bond acceptors (Lipinski definition) is 1. The van der Waals surface area contributed by atoms with Gasteiger partial charge in [0.1, 0.15) is 0 Å². The molecule has 0 amide bonds. The maximum Gasteiger partial charge on any atom is 0.193 e. The van der Waals surface area contributed by atoms with E-state index in [1.807, 2.05) is 0 Å². The van der Waals surface area contributed by atoms with Gasteiger partial charge in [-0.25, -0.2) is 0 Å². The molecular weight excluding hydrogens is 284 g/mol. The van der Waals surface area contributed by atoms with E-state index in [2.05, 4.69) is 58.1 Å². The van der Waals surface area contributed by atoms with Crippen molar-refractivity contribution in [3.63, 3.8) is 0 Å². The highest BCUT2D eigenvalue weighted by molar-refractivity contribution is 6.74. The zero-order valence-corrected chi connectivity index (χ0v) is 15.8. The van der Waals surface area contributed by atoms with E-state index in [9.17, 15) is 0 Å². The van der Waals surface area contributed by atoms with Crippen molar-refractivity contribution < 1.29 is 4.43 Å². The average molecular weight is 315 g/mol. The third-order valence-corrected chi connectivity index (χ3v) is 11.8. The van der Waals surface area contributed by atoms with Crippen molar-refractivity contribution in [3.8, 4) is 0 Å². The first-order valence-corrected chi connectivity index (χ1v) is 11.9. The minimum Gasteiger partial charge on any atom is -0.406 e. The molecule has 0 saturated heterocycles. The maximum absolute atomic E-state index is 7.22. The van der Waals surface area contributed by atoms with Crippen LogP contribution in [0.25, 0.3) is 0 Å². The van der Waals surface area contributed by atoms with Crippen LogP contribution >= 0.6 is 0 Å². The highest BCUT2D eigenvalue weighted by Gasteiger charge is 2.72. The van der Waals surface area contributed by atoms with Gasteiger partial charge in [0.15, 0.2) is 8.32 Å². The molecule has 1 aromatic rings. The van der Waals surface area contributed by atoms with Gasteiger partial charge in [0.25, 0.3) is 0 Å². The molecule has 1 aromatic carbocycles. The van der Waals surface area contributed by atoms with Crippen molar-refractivity contribution in [2.75, 3.05) is 0 Å². The summed E-state index contributed by atoms with van der Waals surface area (Å²) in [4.78, 5) is 0. The van der Waals surface area contributed by atoms with Crippen molar-refractivity contribution in [2.45, 2.75) is 76.6 Å². The standard InChI is InChI=1S/C20H30OSi/c1-18(2,3)22(4,5)21-20(19-12-8-10-16(19)14-19)13-15-9-6-7-11-17(15)20/h6-7,9,11,16H,8,10,12-14H2,1-5H3. The van der Waals surface area contributed by atoms with Gasteiger partial charge in [-0.1, -0.05) is 51.5 Å². The van der Waals surface area contributed by atoms with Gasteiger partial charge in [-0.3, -0.25) is 0 Å². The van der Waals surface area contributed by atoms with Crippen molar-refractivity contribution in [3.05, 3.63) is 35.4 Å². The van der Waals surface area contributed by atoms with Gasteiger partial charge < -0.3 is 4.43 Å². The molecule has 3 aliphatic rings. The smallest absolute Gasteiger partial charge is 0.193 e. The minimum atomic E-state index is -1.77. The van der Waals surface area contributed by atoms with Crippen LogP contribution in [-0.4, -0.2) is 8.32 Å². The molecule has 0 spiro atoms. The molecule has 3 unspecified atom stereocenters. The van der Waals surface area contributed by atoms with E-state index in [0.717, 1.165) is 12.3 Å². The van der Waals surface area contributed by atoms with Crippen molar-refractivity contribution >= 4 is 8.32 Å². The molecular formula is C20H30OSi. The van der Waals surface area contributed by atoms with Gasteiger partial charge in [0, 0.05) is 11.8 Å². The lowest BCUT2D eigenvalue weighted by atomic mass is 9.63. The predicted molar refractivity (Wildman–Crippen MR) is 94.5 cm³/mol. The summed E-state index contributed by atoms with van der Waals surface area (Å²) in [7, 11) is -1.77.